The summed E-state index contributed by atoms with van der Waals surface area (Å²) in [6.07, 6.45) is 3.56. The number of pyridine rings is 1. The normalized spacial score (nSPS) is 15.6. The van der Waals surface area contributed by atoms with E-state index in [1.807, 2.05) is 12.1 Å². The van der Waals surface area contributed by atoms with Crippen molar-refractivity contribution in [3.8, 4) is 11.3 Å². The zero-order chi connectivity index (χ0) is 21.8. The summed E-state index contributed by atoms with van der Waals surface area (Å²) in [5.74, 6) is -0.474. The molecular weight excluding hydrogens is 397 g/mol. The van der Waals surface area contributed by atoms with Crippen molar-refractivity contribution in [3.05, 3.63) is 82.7 Å². The molecule has 7 nitrogen and oxygen atoms in total. The minimum Gasteiger partial charge on any atom is -0.338 e. The fourth-order valence-electron chi connectivity index (χ4n) is 3.72. The van der Waals surface area contributed by atoms with Crippen LogP contribution in [0.5, 0.6) is 0 Å². The van der Waals surface area contributed by atoms with Crippen LogP contribution in [-0.2, 0) is 11.3 Å². The highest BCUT2D eigenvalue weighted by Crippen LogP contribution is 2.18. The number of carbonyl (C=O) groups is 1. The molecule has 0 N–H and O–H groups in total. The van der Waals surface area contributed by atoms with Crippen molar-refractivity contribution in [2.24, 2.45) is 0 Å². The van der Waals surface area contributed by atoms with Crippen LogP contribution in [0.1, 0.15) is 18.5 Å². The summed E-state index contributed by atoms with van der Waals surface area (Å²) in [5.41, 5.74) is 2.04. The quantitative estimate of drug-likeness (QED) is 0.633. The van der Waals surface area contributed by atoms with Crippen LogP contribution in [0.2, 0.25) is 0 Å². The highest BCUT2D eigenvalue weighted by Gasteiger charge is 2.27. The van der Waals surface area contributed by atoms with Crippen molar-refractivity contribution in [3.63, 3.8) is 0 Å². The fraction of sp³-hybridized carbons (Fsp3) is 0.304. The third-order valence-corrected chi connectivity index (χ3v) is 5.53. The second kappa shape index (κ2) is 9.18. The molecule has 1 aliphatic rings. The predicted molar refractivity (Wildman–Crippen MR) is 115 cm³/mol. The number of benzene rings is 1. The van der Waals surface area contributed by atoms with Crippen molar-refractivity contribution < 1.29 is 9.18 Å². The first kappa shape index (κ1) is 20.9. The zero-order valence-electron chi connectivity index (χ0n) is 17.3. The van der Waals surface area contributed by atoms with Crippen molar-refractivity contribution in [2.75, 3.05) is 26.2 Å². The van der Waals surface area contributed by atoms with Gasteiger partial charge in [0.05, 0.1) is 5.69 Å². The first-order chi connectivity index (χ1) is 15.0. The van der Waals surface area contributed by atoms with Gasteiger partial charge in [0.1, 0.15) is 11.9 Å². The Labute approximate surface area is 179 Å². The van der Waals surface area contributed by atoms with Crippen LogP contribution >= 0.6 is 0 Å². The molecule has 160 valence electrons. The minimum absolute atomic E-state index is 0.130. The molecule has 31 heavy (non-hydrogen) atoms. The Bertz CT molecular complexity index is 1090. The number of hydrogen-bond donors (Lipinski definition) is 0. The monoisotopic (exact) mass is 421 g/mol. The summed E-state index contributed by atoms with van der Waals surface area (Å²) in [5, 5.41) is 4.38. The van der Waals surface area contributed by atoms with E-state index in [9.17, 15) is 14.0 Å². The number of nitrogens with zero attached hydrogens (tertiary/aromatic N) is 5. The van der Waals surface area contributed by atoms with Gasteiger partial charge in [0, 0.05) is 56.7 Å². The Morgan fingerprint density at radius 3 is 2.35 bits per heavy atom. The predicted octanol–water partition coefficient (Wildman–Crippen LogP) is 2.35. The van der Waals surface area contributed by atoms with Crippen LogP contribution in [0.25, 0.3) is 11.3 Å². The van der Waals surface area contributed by atoms with E-state index in [1.54, 1.807) is 42.4 Å². The minimum atomic E-state index is -0.723. The van der Waals surface area contributed by atoms with Crippen LogP contribution in [0.15, 0.2) is 65.7 Å². The van der Waals surface area contributed by atoms with Crippen LogP contribution < -0.4 is 5.56 Å². The molecule has 8 heteroatoms. The smallest absolute Gasteiger partial charge is 0.267 e. The SMILES string of the molecule is CC(C(=O)N1CCN(Cc2ccncc2)CC1)n1nc(-c2ccc(F)cc2)ccc1=O. The van der Waals surface area contributed by atoms with Gasteiger partial charge in [0.25, 0.3) is 5.56 Å². The largest absolute Gasteiger partial charge is 0.338 e. The summed E-state index contributed by atoms with van der Waals surface area (Å²) < 4.78 is 14.4. The molecule has 3 aromatic rings. The molecule has 3 heterocycles. The molecule has 0 aliphatic carbocycles. The van der Waals surface area contributed by atoms with E-state index in [2.05, 4.69) is 15.0 Å². The Kier molecular flexibility index (Phi) is 6.18. The number of rotatable bonds is 5. The van der Waals surface area contributed by atoms with E-state index in [1.165, 1.54) is 28.4 Å². The summed E-state index contributed by atoms with van der Waals surface area (Å²) in [6, 6.07) is 12.1. The molecule has 4 rings (SSSR count). The Hall–Kier alpha value is -3.39. The number of amides is 1. The van der Waals surface area contributed by atoms with E-state index in [4.69, 9.17) is 0 Å². The maximum atomic E-state index is 13.2. The third kappa shape index (κ3) is 4.86. The molecule has 1 aliphatic heterocycles. The molecule has 1 saturated heterocycles. The van der Waals surface area contributed by atoms with Crippen molar-refractivity contribution in [2.45, 2.75) is 19.5 Å². The molecule has 0 bridgehead atoms. The van der Waals surface area contributed by atoms with Gasteiger partial charge in [-0.05, 0) is 55.0 Å². The Morgan fingerprint density at radius 2 is 1.68 bits per heavy atom. The molecule has 0 radical (unpaired) electrons. The van der Waals surface area contributed by atoms with Crippen molar-refractivity contribution >= 4 is 5.91 Å². The van der Waals surface area contributed by atoms with E-state index in [0.717, 1.165) is 19.6 Å². The first-order valence-electron chi connectivity index (χ1n) is 10.3. The third-order valence-electron chi connectivity index (χ3n) is 5.53. The standard InChI is InChI=1S/C23H24FN5O2/c1-17(29-22(30)7-6-21(26-29)19-2-4-20(24)5-3-19)23(31)28-14-12-27(13-15-28)16-18-8-10-25-11-9-18/h2-11,17H,12-16H2,1H3. The van der Waals surface area contributed by atoms with Crippen molar-refractivity contribution in [1.82, 2.24) is 24.6 Å². The Balaban J connectivity index is 1.43. The van der Waals surface area contributed by atoms with Crippen LogP contribution in [0, 0.1) is 5.82 Å². The van der Waals surface area contributed by atoms with Gasteiger partial charge in [-0.3, -0.25) is 19.5 Å². The van der Waals surface area contributed by atoms with Gasteiger partial charge in [-0.2, -0.15) is 5.10 Å². The highest BCUT2D eigenvalue weighted by atomic mass is 19.1. The number of carbonyl (C=O) groups excluding carboxylic acids is 1. The van der Waals surface area contributed by atoms with E-state index < -0.39 is 6.04 Å². The van der Waals surface area contributed by atoms with Gasteiger partial charge in [0.15, 0.2) is 0 Å². The molecule has 1 amide bonds. The average Bonchev–Trinajstić information content (AvgIpc) is 2.80. The van der Waals surface area contributed by atoms with Crippen molar-refractivity contribution in [1.29, 1.82) is 0 Å². The molecule has 1 atom stereocenters. The van der Waals surface area contributed by atoms with Gasteiger partial charge < -0.3 is 4.90 Å². The maximum absolute atomic E-state index is 13.2. The van der Waals surface area contributed by atoms with E-state index >= 15 is 0 Å². The lowest BCUT2D eigenvalue weighted by molar-refractivity contribution is -0.136. The van der Waals surface area contributed by atoms with Gasteiger partial charge >= 0.3 is 0 Å². The highest BCUT2D eigenvalue weighted by molar-refractivity contribution is 5.80. The van der Waals surface area contributed by atoms with Crippen LogP contribution in [0.3, 0.4) is 0 Å². The van der Waals surface area contributed by atoms with Gasteiger partial charge in [-0.15, -0.1) is 0 Å². The number of halogens is 1. The summed E-state index contributed by atoms with van der Waals surface area (Å²) in [6.45, 7) is 5.23. The molecule has 1 aromatic carbocycles. The van der Waals surface area contributed by atoms with Gasteiger partial charge in [-0.25, -0.2) is 9.07 Å². The van der Waals surface area contributed by atoms with E-state index in [0.29, 0.717) is 24.3 Å². The molecule has 1 unspecified atom stereocenters. The zero-order valence-corrected chi connectivity index (χ0v) is 17.3. The number of piperazine rings is 1. The summed E-state index contributed by atoms with van der Waals surface area (Å²) in [4.78, 5) is 33.6. The van der Waals surface area contributed by atoms with Crippen LogP contribution in [0.4, 0.5) is 4.39 Å². The summed E-state index contributed by atoms with van der Waals surface area (Å²) in [7, 11) is 0. The molecule has 2 aromatic heterocycles. The lowest BCUT2D eigenvalue weighted by Gasteiger charge is -2.36. The number of hydrogen-bond acceptors (Lipinski definition) is 5. The molecule has 0 spiro atoms. The average molecular weight is 421 g/mol. The topological polar surface area (TPSA) is 71.3 Å². The maximum Gasteiger partial charge on any atom is 0.267 e. The second-order valence-corrected chi connectivity index (χ2v) is 7.64. The lowest BCUT2D eigenvalue weighted by Crippen LogP contribution is -2.50. The lowest BCUT2D eigenvalue weighted by atomic mass is 10.1. The fourth-order valence-corrected chi connectivity index (χ4v) is 3.72. The molecule has 1 fully saturated rings. The van der Waals surface area contributed by atoms with Gasteiger partial charge in [-0.1, -0.05) is 0 Å². The van der Waals surface area contributed by atoms with E-state index in [-0.39, 0.29) is 17.3 Å². The number of aromatic nitrogens is 3. The van der Waals surface area contributed by atoms with Gasteiger partial charge in [0.2, 0.25) is 5.91 Å². The summed E-state index contributed by atoms with van der Waals surface area (Å²) >= 11 is 0. The second-order valence-electron chi connectivity index (χ2n) is 7.64. The molecular formula is C23H24FN5O2. The van der Waals surface area contributed by atoms with Crippen LogP contribution in [-0.4, -0.2) is 56.7 Å². The molecule has 0 saturated carbocycles. The first-order valence-corrected chi connectivity index (χ1v) is 10.3. The Morgan fingerprint density at radius 1 is 1.00 bits per heavy atom.